The van der Waals surface area contributed by atoms with E-state index < -0.39 is 11.2 Å². The van der Waals surface area contributed by atoms with Crippen LogP contribution < -0.4 is 0 Å². The highest BCUT2D eigenvalue weighted by Crippen LogP contribution is 2.47. The molecule has 25 heavy (non-hydrogen) atoms. The fourth-order valence-electron chi connectivity index (χ4n) is 3.05. The van der Waals surface area contributed by atoms with Gasteiger partial charge in [0, 0.05) is 17.0 Å². The van der Waals surface area contributed by atoms with Gasteiger partial charge in [-0.3, -0.25) is 0 Å². The third kappa shape index (κ3) is 2.70. The van der Waals surface area contributed by atoms with Crippen LogP contribution in [0.1, 0.15) is 23.6 Å². The molecular formula is C20H18O5. The summed E-state index contributed by atoms with van der Waals surface area (Å²) in [6, 6.07) is 16.0. The van der Waals surface area contributed by atoms with Gasteiger partial charge in [0.15, 0.2) is 23.0 Å². The van der Waals surface area contributed by atoms with Gasteiger partial charge in [0.25, 0.3) is 0 Å². The van der Waals surface area contributed by atoms with E-state index in [1.165, 1.54) is 18.2 Å². The highest BCUT2D eigenvalue weighted by atomic mass is 16.3. The Bertz CT molecular complexity index is 921. The van der Waals surface area contributed by atoms with E-state index in [1.54, 1.807) is 6.07 Å². The average Bonchev–Trinajstić information content (AvgIpc) is 2.60. The monoisotopic (exact) mass is 338 g/mol. The van der Waals surface area contributed by atoms with Crippen LogP contribution in [0.4, 0.5) is 0 Å². The van der Waals surface area contributed by atoms with Crippen molar-refractivity contribution in [3.05, 3.63) is 77.4 Å². The second-order valence-electron chi connectivity index (χ2n) is 6.05. The van der Waals surface area contributed by atoms with E-state index in [0.717, 1.165) is 11.6 Å². The fourth-order valence-corrected chi connectivity index (χ4v) is 3.05. The molecule has 3 aromatic rings. The first kappa shape index (κ1) is 16.5. The van der Waals surface area contributed by atoms with E-state index in [0.29, 0.717) is 11.1 Å². The van der Waals surface area contributed by atoms with Crippen LogP contribution in [0.5, 0.6) is 28.7 Å². The molecule has 0 aliphatic rings. The molecule has 0 aromatic heterocycles. The molecule has 3 aromatic carbocycles. The van der Waals surface area contributed by atoms with Gasteiger partial charge in [0.05, 0.1) is 0 Å². The maximum atomic E-state index is 10.4. The molecule has 0 aliphatic heterocycles. The molecule has 1 unspecified atom stereocenters. The Morgan fingerprint density at radius 3 is 1.80 bits per heavy atom. The maximum Gasteiger partial charge on any atom is 0.161 e. The minimum absolute atomic E-state index is 0.200. The lowest BCUT2D eigenvalue weighted by Crippen LogP contribution is -2.25. The van der Waals surface area contributed by atoms with Gasteiger partial charge in [-0.05, 0) is 36.2 Å². The largest absolute Gasteiger partial charge is 0.507 e. The van der Waals surface area contributed by atoms with Crippen LogP contribution in [-0.2, 0) is 5.41 Å². The van der Waals surface area contributed by atoms with Crippen LogP contribution in [0.15, 0.2) is 60.7 Å². The Kier molecular flexibility index (Phi) is 3.93. The number of phenols is 5. The van der Waals surface area contributed by atoms with E-state index in [9.17, 15) is 25.5 Å². The van der Waals surface area contributed by atoms with Crippen molar-refractivity contribution in [2.75, 3.05) is 0 Å². The Morgan fingerprint density at radius 2 is 1.16 bits per heavy atom. The molecule has 0 heterocycles. The first-order chi connectivity index (χ1) is 11.8. The molecule has 0 aliphatic carbocycles. The molecule has 0 bridgehead atoms. The molecule has 0 spiro atoms. The van der Waals surface area contributed by atoms with Gasteiger partial charge >= 0.3 is 0 Å². The maximum absolute atomic E-state index is 10.4. The Labute approximate surface area is 144 Å². The van der Waals surface area contributed by atoms with Crippen molar-refractivity contribution in [3.8, 4) is 28.7 Å². The zero-order valence-corrected chi connectivity index (χ0v) is 13.5. The molecule has 5 heteroatoms. The van der Waals surface area contributed by atoms with Crippen LogP contribution in [0, 0.1) is 0 Å². The van der Waals surface area contributed by atoms with E-state index in [4.69, 9.17) is 0 Å². The van der Waals surface area contributed by atoms with Crippen LogP contribution in [-0.4, -0.2) is 25.5 Å². The molecule has 5 nitrogen and oxygen atoms in total. The van der Waals surface area contributed by atoms with Gasteiger partial charge in [0.1, 0.15) is 5.75 Å². The van der Waals surface area contributed by atoms with Crippen LogP contribution in [0.3, 0.4) is 0 Å². The summed E-state index contributed by atoms with van der Waals surface area (Å²) in [6.45, 7) is 1.82. The molecular weight excluding hydrogens is 320 g/mol. The smallest absolute Gasteiger partial charge is 0.161 e. The third-order valence-electron chi connectivity index (χ3n) is 4.54. The number of benzene rings is 3. The SMILES string of the molecule is CC(c1ccccc1)(c1ccc(O)c(O)c1)c1cc(O)c(O)cc1O. The summed E-state index contributed by atoms with van der Waals surface area (Å²) < 4.78 is 0. The summed E-state index contributed by atoms with van der Waals surface area (Å²) >= 11 is 0. The van der Waals surface area contributed by atoms with Gasteiger partial charge < -0.3 is 25.5 Å². The molecule has 3 rings (SSSR count). The van der Waals surface area contributed by atoms with Crippen molar-refractivity contribution in [2.45, 2.75) is 12.3 Å². The van der Waals surface area contributed by atoms with Crippen molar-refractivity contribution < 1.29 is 25.5 Å². The number of hydrogen-bond donors (Lipinski definition) is 5. The summed E-state index contributed by atoms with van der Waals surface area (Å²) in [5.74, 6) is -1.53. The average molecular weight is 338 g/mol. The number of hydrogen-bond acceptors (Lipinski definition) is 5. The minimum Gasteiger partial charge on any atom is -0.507 e. The van der Waals surface area contributed by atoms with Crippen molar-refractivity contribution in [1.29, 1.82) is 0 Å². The van der Waals surface area contributed by atoms with Crippen LogP contribution in [0.25, 0.3) is 0 Å². The summed E-state index contributed by atoms with van der Waals surface area (Å²) in [5, 5.41) is 49.5. The second-order valence-corrected chi connectivity index (χ2v) is 6.05. The minimum atomic E-state index is -0.957. The quantitative estimate of drug-likeness (QED) is 0.285. The van der Waals surface area contributed by atoms with E-state index in [1.807, 2.05) is 37.3 Å². The van der Waals surface area contributed by atoms with E-state index >= 15 is 0 Å². The molecule has 128 valence electrons. The molecule has 1 atom stereocenters. The first-order valence-electron chi connectivity index (χ1n) is 7.67. The lowest BCUT2D eigenvalue weighted by molar-refractivity contribution is 0.391. The summed E-state index contributed by atoms with van der Waals surface area (Å²) in [5.41, 5.74) is 0.774. The van der Waals surface area contributed by atoms with Gasteiger partial charge in [-0.1, -0.05) is 36.4 Å². The van der Waals surface area contributed by atoms with Gasteiger partial charge in [0.2, 0.25) is 0 Å². The van der Waals surface area contributed by atoms with Crippen LogP contribution in [0.2, 0.25) is 0 Å². The van der Waals surface area contributed by atoms with E-state index in [2.05, 4.69) is 0 Å². The lowest BCUT2D eigenvalue weighted by atomic mass is 9.70. The van der Waals surface area contributed by atoms with Gasteiger partial charge in [-0.25, -0.2) is 0 Å². The van der Waals surface area contributed by atoms with Crippen LogP contribution >= 0.6 is 0 Å². The summed E-state index contributed by atoms with van der Waals surface area (Å²) in [4.78, 5) is 0. The lowest BCUT2D eigenvalue weighted by Gasteiger charge is -2.32. The van der Waals surface area contributed by atoms with Gasteiger partial charge in [-0.2, -0.15) is 0 Å². The predicted octanol–water partition coefficient (Wildman–Crippen LogP) is 3.57. The molecule has 0 saturated heterocycles. The molecule has 0 fully saturated rings. The third-order valence-corrected chi connectivity index (χ3v) is 4.54. The number of aromatic hydroxyl groups is 5. The van der Waals surface area contributed by atoms with Crippen molar-refractivity contribution in [2.24, 2.45) is 0 Å². The first-order valence-corrected chi connectivity index (χ1v) is 7.67. The predicted molar refractivity (Wildman–Crippen MR) is 93.2 cm³/mol. The summed E-state index contributed by atoms with van der Waals surface area (Å²) in [6.07, 6.45) is 0. The number of phenolic OH excluding ortho intramolecular Hbond substituents is 5. The Morgan fingerprint density at radius 1 is 0.560 bits per heavy atom. The topological polar surface area (TPSA) is 101 Å². The zero-order valence-electron chi connectivity index (χ0n) is 13.5. The summed E-state index contributed by atoms with van der Waals surface area (Å²) in [7, 11) is 0. The van der Waals surface area contributed by atoms with Crippen molar-refractivity contribution in [1.82, 2.24) is 0 Å². The fraction of sp³-hybridized carbons (Fsp3) is 0.100. The van der Waals surface area contributed by atoms with Crippen molar-refractivity contribution in [3.63, 3.8) is 0 Å². The molecule has 5 N–H and O–H groups in total. The molecule has 0 radical (unpaired) electrons. The zero-order chi connectivity index (χ0) is 18.2. The molecule has 0 amide bonds. The van der Waals surface area contributed by atoms with Gasteiger partial charge in [-0.15, -0.1) is 0 Å². The Balaban J connectivity index is 2.34. The highest BCUT2D eigenvalue weighted by molar-refractivity contribution is 5.60. The standard InChI is InChI=1S/C20H18O5/c1-20(12-5-3-2-4-6-12,13-7-8-15(21)17(23)9-13)14-10-18(24)19(25)11-16(14)22/h2-11,21-25H,1H3. The van der Waals surface area contributed by atoms with Crippen molar-refractivity contribution >= 4 is 0 Å². The highest BCUT2D eigenvalue weighted by Gasteiger charge is 2.35. The molecule has 0 saturated carbocycles. The number of rotatable bonds is 3. The Hall–Kier alpha value is -3.34. The van der Waals surface area contributed by atoms with E-state index in [-0.39, 0.29) is 23.0 Å². The normalized spacial score (nSPS) is 13.3. The second kappa shape index (κ2) is 5.94.